The second-order valence-corrected chi connectivity index (χ2v) is 8.17. The quantitative estimate of drug-likeness (QED) is 0.770. The first-order valence-corrected chi connectivity index (χ1v) is 10.6. The van der Waals surface area contributed by atoms with Crippen LogP contribution in [0.3, 0.4) is 0 Å². The third kappa shape index (κ3) is 3.52. The predicted octanol–water partition coefficient (Wildman–Crippen LogP) is 4.70. The van der Waals surface area contributed by atoms with Gasteiger partial charge in [0, 0.05) is 29.3 Å². The Morgan fingerprint density at radius 3 is 2.50 bits per heavy atom. The van der Waals surface area contributed by atoms with Gasteiger partial charge in [-0.1, -0.05) is 31.2 Å². The first kappa shape index (κ1) is 19.0. The zero-order valence-corrected chi connectivity index (χ0v) is 16.8. The molecule has 1 saturated carbocycles. The van der Waals surface area contributed by atoms with Crippen molar-refractivity contribution in [1.29, 1.82) is 0 Å². The van der Waals surface area contributed by atoms with Crippen molar-refractivity contribution in [3.63, 3.8) is 0 Å². The van der Waals surface area contributed by atoms with E-state index >= 15 is 0 Å². The summed E-state index contributed by atoms with van der Waals surface area (Å²) in [6.45, 7) is 4.06. The highest BCUT2D eigenvalue weighted by molar-refractivity contribution is 6.03. The van der Waals surface area contributed by atoms with E-state index in [2.05, 4.69) is 36.5 Å². The van der Waals surface area contributed by atoms with Crippen LogP contribution in [0.1, 0.15) is 75.8 Å². The molecular weight excluding hydrogens is 350 g/mol. The number of nitrogens with one attached hydrogen (secondary N) is 1. The molecule has 1 N–H and O–H groups in total. The third-order valence-corrected chi connectivity index (χ3v) is 6.29. The largest absolute Gasteiger partial charge is 0.459 e. The van der Waals surface area contributed by atoms with Gasteiger partial charge in [0.15, 0.2) is 5.78 Å². The van der Waals surface area contributed by atoms with Crippen LogP contribution >= 0.6 is 0 Å². The summed E-state index contributed by atoms with van der Waals surface area (Å²) in [5.41, 5.74) is 5.41. The molecule has 0 saturated heterocycles. The number of ether oxygens (including phenoxy) is 1. The molecule has 1 aromatic carbocycles. The number of rotatable bonds is 4. The van der Waals surface area contributed by atoms with E-state index in [-0.39, 0.29) is 23.8 Å². The van der Waals surface area contributed by atoms with E-state index in [1.54, 1.807) is 0 Å². The van der Waals surface area contributed by atoms with Gasteiger partial charge in [-0.15, -0.1) is 0 Å². The number of benzene rings is 1. The molecule has 1 atom stereocenters. The number of carbonyl (C=O) groups excluding carboxylic acids is 2. The average molecular weight is 380 g/mol. The Labute approximate surface area is 167 Å². The summed E-state index contributed by atoms with van der Waals surface area (Å²) in [6, 6.07) is 8.33. The van der Waals surface area contributed by atoms with Gasteiger partial charge in [0.2, 0.25) is 0 Å². The zero-order valence-electron chi connectivity index (χ0n) is 16.8. The fourth-order valence-corrected chi connectivity index (χ4v) is 4.75. The number of ketones is 1. The van der Waals surface area contributed by atoms with Gasteiger partial charge >= 0.3 is 5.97 Å². The van der Waals surface area contributed by atoms with Crippen LogP contribution < -0.4 is 5.32 Å². The smallest absolute Gasteiger partial charge is 0.337 e. The van der Waals surface area contributed by atoms with Crippen molar-refractivity contribution in [3.8, 4) is 0 Å². The number of esters is 1. The SMILES string of the molecule is CCc1ccc(C2C(C(=O)OC3CCCC3)=C(C)NC3=C2C(=O)CCC3)cc1. The predicted molar refractivity (Wildman–Crippen MR) is 109 cm³/mol. The van der Waals surface area contributed by atoms with Gasteiger partial charge < -0.3 is 10.1 Å². The van der Waals surface area contributed by atoms with Crippen LogP contribution in [0.5, 0.6) is 0 Å². The molecule has 148 valence electrons. The topological polar surface area (TPSA) is 55.4 Å². The average Bonchev–Trinajstić information content (AvgIpc) is 3.20. The minimum atomic E-state index is -0.330. The molecule has 28 heavy (non-hydrogen) atoms. The van der Waals surface area contributed by atoms with Gasteiger partial charge in [0.25, 0.3) is 0 Å². The first-order chi connectivity index (χ1) is 13.6. The molecule has 0 aromatic heterocycles. The Bertz CT molecular complexity index is 841. The van der Waals surface area contributed by atoms with Crippen molar-refractivity contribution in [2.45, 2.75) is 77.2 Å². The van der Waals surface area contributed by atoms with E-state index in [4.69, 9.17) is 4.74 Å². The molecule has 1 unspecified atom stereocenters. The molecule has 1 heterocycles. The van der Waals surface area contributed by atoms with E-state index in [1.807, 2.05) is 6.92 Å². The Morgan fingerprint density at radius 1 is 1.11 bits per heavy atom. The van der Waals surface area contributed by atoms with Crippen molar-refractivity contribution in [2.24, 2.45) is 0 Å². The van der Waals surface area contributed by atoms with Crippen LogP contribution in [0.4, 0.5) is 0 Å². The van der Waals surface area contributed by atoms with Gasteiger partial charge in [0.05, 0.1) is 5.57 Å². The molecule has 0 bridgehead atoms. The lowest BCUT2D eigenvalue weighted by molar-refractivity contribution is -0.144. The van der Waals surface area contributed by atoms with Crippen molar-refractivity contribution < 1.29 is 14.3 Å². The van der Waals surface area contributed by atoms with Crippen LogP contribution in [-0.2, 0) is 20.7 Å². The molecular formula is C24H29NO3. The van der Waals surface area contributed by atoms with Crippen LogP contribution in [0.2, 0.25) is 0 Å². The molecule has 1 aliphatic heterocycles. The lowest BCUT2D eigenvalue weighted by atomic mass is 9.75. The number of hydrogen-bond donors (Lipinski definition) is 1. The first-order valence-electron chi connectivity index (χ1n) is 10.6. The van der Waals surface area contributed by atoms with Crippen LogP contribution in [0.15, 0.2) is 46.8 Å². The second-order valence-electron chi connectivity index (χ2n) is 8.17. The summed E-state index contributed by atoms with van der Waals surface area (Å²) in [5, 5.41) is 3.36. The van der Waals surface area contributed by atoms with Gasteiger partial charge in [-0.25, -0.2) is 4.79 Å². The Morgan fingerprint density at radius 2 is 1.82 bits per heavy atom. The maximum absolute atomic E-state index is 13.2. The highest BCUT2D eigenvalue weighted by Crippen LogP contribution is 2.43. The van der Waals surface area contributed by atoms with Gasteiger partial charge in [-0.2, -0.15) is 0 Å². The Hall–Kier alpha value is -2.36. The minimum Gasteiger partial charge on any atom is -0.459 e. The summed E-state index contributed by atoms with van der Waals surface area (Å²) >= 11 is 0. The van der Waals surface area contributed by atoms with Crippen LogP contribution in [0.25, 0.3) is 0 Å². The summed E-state index contributed by atoms with van der Waals surface area (Å²) in [4.78, 5) is 26.1. The van der Waals surface area contributed by atoms with Crippen molar-refractivity contribution in [3.05, 3.63) is 57.9 Å². The highest BCUT2D eigenvalue weighted by atomic mass is 16.5. The van der Waals surface area contributed by atoms with Gasteiger partial charge in [0.1, 0.15) is 6.10 Å². The highest BCUT2D eigenvalue weighted by Gasteiger charge is 2.39. The molecule has 4 rings (SSSR count). The van der Waals surface area contributed by atoms with E-state index in [1.165, 1.54) is 5.56 Å². The van der Waals surface area contributed by atoms with Crippen LogP contribution in [-0.4, -0.2) is 17.9 Å². The van der Waals surface area contributed by atoms with Crippen molar-refractivity contribution >= 4 is 11.8 Å². The molecule has 4 heteroatoms. The molecule has 3 aliphatic rings. The normalized spacial score (nSPS) is 22.9. The Balaban J connectivity index is 1.75. The van der Waals surface area contributed by atoms with Crippen molar-refractivity contribution in [1.82, 2.24) is 5.32 Å². The molecule has 1 aromatic rings. The number of aryl methyl sites for hydroxylation is 1. The summed E-state index contributed by atoms with van der Waals surface area (Å²) in [5.74, 6) is -0.452. The lowest BCUT2D eigenvalue weighted by Crippen LogP contribution is -2.35. The van der Waals surface area contributed by atoms with Crippen LogP contribution in [0, 0.1) is 0 Å². The zero-order chi connectivity index (χ0) is 19.7. The maximum atomic E-state index is 13.2. The van der Waals surface area contributed by atoms with Gasteiger partial charge in [-0.05, 0) is 63.0 Å². The maximum Gasteiger partial charge on any atom is 0.337 e. The minimum absolute atomic E-state index is 0.00773. The number of carbonyl (C=O) groups is 2. The number of allylic oxidation sites excluding steroid dienone is 3. The van der Waals surface area contributed by atoms with Crippen molar-refractivity contribution in [2.75, 3.05) is 0 Å². The van der Waals surface area contributed by atoms with E-state index in [9.17, 15) is 9.59 Å². The molecule has 0 radical (unpaired) electrons. The number of hydrogen-bond acceptors (Lipinski definition) is 4. The lowest BCUT2D eigenvalue weighted by Gasteiger charge is -2.34. The van der Waals surface area contributed by atoms with E-state index < -0.39 is 0 Å². The second kappa shape index (κ2) is 7.94. The summed E-state index contributed by atoms with van der Waals surface area (Å²) in [7, 11) is 0. The summed E-state index contributed by atoms with van der Waals surface area (Å²) in [6.07, 6.45) is 7.34. The third-order valence-electron chi connectivity index (χ3n) is 6.29. The fourth-order valence-electron chi connectivity index (χ4n) is 4.75. The molecule has 2 aliphatic carbocycles. The Kier molecular flexibility index (Phi) is 5.38. The van der Waals surface area contributed by atoms with E-state index in [0.29, 0.717) is 12.0 Å². The number of Topliss-reactive ketones (excluding diaryl/α,β-unsaturated/α-hetero) is 1. The number of dihydropyridines is 1. The monoisotopic (exact) mass is 379 g/mol. The summed E-state index contributed by atoms with van der Waals surface area (Å²) < 4.78 is 5.86. The standard InChI is InChI=1S/C24H29NO3/c1-3-16-11-13-17(14-12-16)22-21(24(27)28-18-7-4-5-8-18)15(2)25-19-9-6-10-20(26)23(19)22/h11-14,18,22,25H,3-10H2,1-2H3. The molecule has 1 fully saturated rings. The van der Waals surface area contributed by atoms with E-state index in [0.717, 1.165) is 67.5 Å². The molecule has 4 nitrogen and oxygen atoms in total. The molecule has 0 amide bonds. The fraction of sp³-hybridized carbons (Fsp3) is 0.500. The van der Waals surface area contributed by atoms with Gasteiger partial charge in [-0.3, -0.25) is 4.79 Å². The molecule has 0 spiro atoms.